The topological polar surface area (TPSA) is 47.3 Å². The molecule has 14 heavy (non-hydrogen) atoms. The molecule has 0 bridgehead atoms. The van der Waals surface area contributed by atoms with Crippen LogP contribution in [0, 0.1) is 13.8 Å². The molecule has 3 heteroatoms. The fraction of sp³-hybridized carbons (Fsp3) is 0.455. The predicted octanol–water partition coefficient (Wildman–Crippen LogP) is 1.32. The van der Waals surface area contributed by atoms with Gasteiger partial charge in [0.2, 0.25) is 0 Å². The Kier molecular flexibility index (Phi) is 3.92. The number of hydrogen-bond acceptors (Lipinski definition) is 3. The van der Waals surface area contributed by atoms with Gasteiger partial charge in [-0.3, -0.25) is 0 Å². The fourth-order valence-corrected chi connectivity index (χ4v) is 1.47. The first-order valence-corrected chi connectivity index (χ1v) is 4.74. The van der Waals surface area contributed by atoms with E-state index in [1.165, 1.54) is 16.7 Å². The number of nitrogens with two attached hydrogens (primary N) is 1. The molecule has 0 spiro atoms. The lowest BCUT2D eigenvalue weighted by atomic mass is 10.0. The zero-order chi connectivity index (χ0) is 10.6. The van der Waals surface area contributed by atoms with E-state index in [4.69, 9.17) is 10.5 Å². The Morgan fingerprint density at radius 2 is 2.00 bits per heavy atom. The van der Waals surface area contributed by atoms with Crippen molar-refractivity contribution in [1.82, 2.24) is 5.32 Å². The van der Waals surface area contributed by atoms with E-state index in [0.717, 1.165) is 12.3 Å². The second kappa shape index (κ2) is 4.98. The van der Waals surface area contributed by atoms with Crippen LogP contribution < -0.4 is 15.8 Å². The molecule has 1 aromatic rings. The summed E-state index contributed by atoms with van der Waals surface area (Å²) >= 11 is 0. The zero-order valence-corrected chi connectivity index (χ0v) is 9.05. The molecule has 78 valence electrons. The SMILES string of the molecule is COc1ccc(CNCN)c(C)c1C. The first-order valence-electron chi connectivity index (χ1n) is 4.74. The maximum absolute atomic E-state index is 5.38. The van der Waals surface area contributed by atoms with Crippen LogP contribution in [-0.4, -0.2) is 13.8 Å². The van der Waals surface area contributed by atoms with Crippen molar-refractivity contribution in [2.24, 2.45) is 5.73 Å². The summed E-state index contributed by atoms with van der Waals surface area (Å²) in [5.74, 6) is 0.944. The van der Waals surface area contributed by atoms with Crippen LogP contribution in [0.5, 0.6) is 5.75 Å². The quantitative estimate of drug-likeness (QED) is 0.711. The molecule has 0 aromatic heterocycles. The van der Waals surface area contributed by atoms with Gasteiger partial charge in [-0.05, 0) is 36.6 Å². The van der Waals surface area contributed by atoms with E-state index in [-0.39, 0.29) is 0 Å². The van der Waals surface area contributed by atoms with Crippen LogP contribution in [0.3, 0.4) is 0 Å². The van der Waals surface area contributed by atoms with Gasteiger partial charge in [0.25, 0.3) is 0 Å². The Hall–Kier alpha value is -1.06. The van der Waals surface area contributed by atoms with Gasteiger partial charge < -0.3 is 15.8 Å². The molecule has 0 saturated carbocycles. The number of methoxy groups -OCH3 is 1. The van der Waals surface area contributed by atoms with Gasteiger partial charge in [0.05, 0.1) is 7.11 Å². The van der Waals surface area contributed by atoms with Gasteiger partial charge in [0.15, 0.2) is 0 Å². The molecule has 1 aromatic carbocycles. The van der Waals surface area contributed by atoms with Crippen LogP contribution in [-0.2, 0) is 6.54 Å². The van der Waals surface area contributed by atoms with Crippen molar-refractivity contribution in [1.29, 1.82) is 0 Å². The van der Waals surface area contributed by atoms with Crippen LogP contribution >= 0.6 is 0 Å². The van der Waals surface area contributed by atoms with E-state index in [0.29, 0.717) is 6.67 Å². The maximum atomic E-state index is 5.38. The van der Waals surface area contributed by atoms with Gasteiger partial charge in [-0.15, -0.1) is 0 Å². The summed E-state index contributed by atoms with van der Waals surface area (Å²) < 4.78 is 5.24. The lowest BCUT2D eigenvalue weighted by Gasteiger charge is -2.12. The third-order valence-electron chi connectivity index (χ3n) is 2.53. The van der Waals surface area contributed by atoms with E-state index in [1.54, 1.807) is 7.11 Å². The number of benzene rings is 1. The molecular weight excluding hydrogens is 176 g/mol. The van der Waals surface area contributed by atoms with Gasteiger partial charge in [0.1, 0.15) is 5.75 Å². The standard InChI is InChI=1S/C11H18N2O/c1-8-9(2)11(14-3)5-4-10(8)6-13-7-12/h4-5,13H,6-7,12H2,1-3H3. The molecule has 0 unspecified atom stereocenters. The normalized spacial score (nSPS) is 10.3. The number of hydrogen-bond donors (Lipinski definition) is 2. The Balaban J connectivity index is 2.92. The summed E-state index contributed by atoms with van der Waals surface area (Å²) in [4.78, 5) is 0. The molecule has 0 saturated heterocycles. The molecule has 0 atom stereocenters. The van der Waals surface area contributed by atoms with Crippen LogP contribution in [0.1, 0.15) is 16.7 Å². The van der Waals surface area contributed by atoms with Crippen molar-refractivity contribution in [2.45, 2.75) is 20.4 Å². The molecule has 3 N–H and O–H groups in total. The highest BCUT2D eigenvalue weighted by atomic mass is 16.5. The molecule has 0 aliphatic rings. The molecule has 1 rings (SSSR count). The Labute approximate surface area is 85.3 Å². The molecule has 0 aliphatic heterocycles. The van der Waals surface area contributed by atoms with Crippen LogP contribution in [0.25, 0.3) is 0 Å². The highest BCUT2D eigenvalue weighted by Gasteiger charge is 2.05. The number of rotatable bonds is 4. The molecular formula is C11H18N2O. The van der Waals surface area contributed by atoms with Gasteiger partial charge in [0, 0.05) is 13.2 Å². The van der Waals surface area contributed by atoms with Crippen LogP contribution in [0.2, 0.25) is 0 Å². The highest BCUT2D eigenvalue weighted by Crippen LogP contribution is 2.23. The Bertz CT molecular complexity index is 310. The molecule has 3 nitrogen and oxygen atoms in total. The van der Waals surface area contributed by atoms with Gasteiger partial charge in [-0.25, -0.2) is 0 Å². The van der Waals surface area contributed by atoms with E-state index < -0.39 is 0 Å². The Morgan fingerprint density at radius 1 is 1.29 bits per heavy atom. The van der Waals surface area contributed by atoms with Crippen molar-refractivity contribution < 1.29 is 4.74 Å². The summed E-state index contributed by atoms with van der Waals surface area (Å²) in [7, 11) is 1.69. The maximum Gasteiger partial charge on any atom is 0.122 e. The van der Waals surface area contributed by atoms with E-state index in [2.05, 4.69) is 25.2 Å². The second-order valence-electron chi connectivity index (χ2n) is 3.31. The Morgan fingerprint density at radius 3 is 2.57 bits per heavy atom. The van der Waals surface area contributed by atoms with Gasteiger partial charge in [-0.2, -0.15) is 0 Å². The summed E-state index contributed by atoms with van der Waals surface area (Å²) in [6.45, 7) is 5.49. The molecule has 0 fully saturated rings. The second-order valence-corrected chi connectivity index (χ2v) is 3.31. The average Bonchev–Trinajstić information content (AvgIpc) is 2.20. The largest absolute Gasteiger partial charge is 0.496 e. The van der Waals surface area contributed by atoms with E-state index >= 15 is 0 Å². The monoisotopic (exact) mass is 194 g/mol. The highest BCUT2D eigenvalue weighted by molar-refractivity contribution is 5.43. The van der Waals surface area contributed by atoms with E-state index in [9.17, 15) is 0 Å². The lowest BCUT2D eigenvalue weighted by molar-refractivity contribution is 0.411. The van der Waals surface area contributed by atoms with E-state index in [1.807, 2.05) is 6.07 Å². The van der Waals surface area contributed by atoms with Crippen molar-refractivity contribution in [3.63, 3.8) is 0 Å². The van der Waals surface area contributed by atoms with Crippen molar-refractivity contribution in [3.8, 4) is 5.75 Å². The summed E-state index contributed by atoms with van der Waals surface area (Å²) in [6, 6.07) is 4.07. The molecule has 0 amide bonds. The summed E-state index contributed by atoms with van der Waals surface area (Å²) in [5.41, 5.74) is 9.12. The lowest BCUT2D eigenvalue weighted by Crippen LogP contribution is -2.22. The first kappa shape index (κ1) is 11.0. The number of ether oxygens (including phenoxy) is 1. The minimum Gasteiger partial charge on any atom is -0.496 e. The van der Waals surface area contributed by atoms with Gasteiger partial charge >= 0.3 is 0 Å². The van der Waals surface area contributed by atoms with Crippen molar-refractivity contribution >= 4 is 0 Å². The zero-order valence-electron chi connectivity index (χ0n) is 9.05. The van der Waals surface area contributed by atoms with Crippen molar-refractivity contribution in [3.05, 3.63) is 28.8 Å². The van der Waals surface area contributed by atoms with Gasteiger partial charge in [-0.1, -0.05) is 6.07 Å². The predicted molar refractivity (Wildman–Crippen MR) is 58.4 cm³/mol. The third-order valence-corrected chi connectivity index (χ3v) is 2.53. The summed E-state index contributed by atoms with van der Waals surface area (Å²) in [6.07, 6.45) is 0. The fourth-order valence-electron chi connectivity index (χ4n) is 1.47. The average molecular weight is 194 g/mol. The minimum atomic E-state index is 0.504. The third kappa shape index (κ3) is 2.25. The summed E-state index contributed by atoms with van der Waals surface area (Å²) in [5, 5.41) is 3.11. The molecule has 0 aliphatic carbocycles. The molecule has 0 radical (unpaired) electrons. The van der Waals surface area contributed by atoms with Crippen molar-refractivity contribution in [2.75, 3.05) is 13.8 Å². The minimum absolute atomic E-state index is 0.504. The van der Waals surface area contributed by atoms with Crippen LogP contribution in [0.15, 0.2) is 12.1 Å². The molecule has 0 heterocycles. The van der Waals surface area contributed by atoms with Crippen LogP contribution in [0.4, 0.5) is 0 Å². The first-order chi connectivity index (χ1) is 6.70. The smallest absolute Gasteiger partial charge is 0.122 e. The number of nitrogens with one attached hydrogen (secondary N) is 1.